The second kappa shape index (κ2) is 5.20. The lowest BCUT2D eigenvalue weighted by Gasteiger charge is -2.27. The van der Waals surface area contributed by atoms with E-state index >= 15 is 0 Å². The molecule has 110 valence electrons. The molecule has 1 aliphatic rings. The number of benzene rings is 1. The largest absolute Gasteiger partial charge is 0.464 e. The molecule has 1 aliphatic heterocycles. The summed E-state index contributed by atoms with van der Waals surface area (Å²) in [4.78, 5) is 2.51. The van der Waals surface area contributed by atoms with Crippen LogP contribution in [0.15, 0.2) is 33.5 Å². The lowest BCUT2D eigenvalue weighted by Crippen LogP contribution is -2.44. The zero-order chi connectivity index (χ0) is 14.2. The van der Waals surface area contributed by atoms with Gasteiger partial charge in [0.05, 0.1) is 12.5 Å². The van der Waals surface area contributed by atoms with Crippen LogP contribution in [0.2, 0.25) is 0 Å². The molecule has 0 spiro atoms. The third-order valence-corrected chi connectivity index (χ3v) is 4.56. The maximum atomic E-state index is 5.77. The van der Waals surface area contributed by atoms with Crippen LogP contribution in [0.3, 0.4) is 0 Å². The van der Waals surface area contributed by atoms with Crippen molar-refractivity contribution >= 4 is 21.9 Å². The van der Waals surface area contributed by atoms with E-state index in [1.807, 2.05) is 6.07 Å². The van der Waals surface area contributed by atoms with Gasteiger partial charge in [-0.25, -0.2) is 0 Å². The SMILES string of the molecule is Cc1c2ccoc2c(CCN2CCNCC2)c2ccoc12. The normalized spacial score (nSPS) is 17.0. The molecule has 4 heteroatoms. The van der Waals surface area contributed by atoms with E-state index in [2.05, 4.69) is 23.2 Å². The number of aryl methyl sites for hydroxylation is 1. The van der Waals surface area contributed by atoms with Crippen molar-refractivity contribution in [3.05, 3.63) is 35.8 Å². The van der Waals surface area contributed by atoms with Crippen molar-refractivity contribution < 1.29 is 8.83 Å². The quantitative estimate of drug-likeness (QED) is 0.803. The zero-order valence-electron chi connectivity index (χ0n) is 12.3. The fraction of sp³-hybridized carbons (Fsp3) is 0.412. The summed E-state index contributed by atoms with van der Waals surface area (Å²) in [5.41, 5.74) is 4.48. The Labute approximate surface area is 123 Å². The number of hydrogen-bond acceptors (Lipinski definition) is 4. The van der Waals surface area contributed by atoms with Gasteiger partial charge in [0.2, 0.25) is 0 Å². The standard InChI is InChI=1S/C17H20N2O2/c1-12-13-3-10-21-17(13)14(15-4-11-20-16(12)15)2-7-19-8-5-18-6-9-19/h3-4,10-11,18H,2,5-9H2,1H3. The second-order valence-corrected chi connectivity index (χ2v) is 5.77. The fourth-order valence-corrected chi connectivity index (χ4v) is 3.37. The summed E-state index contributed by atoms with van der Waals surface area (Å²) in [6.45, 7) is 7.60. The first kappa shape index (κ1) is 12.9. The van der Waals surface area contributed by atoms with Gasteiger partial charge in [0, 0.05) is 54.6 Å². The maximum Gasteiger partial charge on any atom is 0.138 e. The van der Waals surface area contributed by atoms with Crippen molar-refractivity contribution in [1.29, 1.82) is 0 Å². The molecule has 1 aromatic carbocycles. The first-order chi connectivity index (χ1) is 10.3. The van der Waals surface area contributed by atoms with Crippen molar-refractivity contribution in [2.75, 3.05) is 32.7 Å². The van der Waals surface area contributed by atoms with Crippen molar-refractivity contribution in [2.45, 2.75) is 13.3 Å². The molecule has 0 bridgehead atoms. The van der Waals surface area contributed by atoms with Crippen molar-refractivity contribution in [3.8, 4) is 0 Å². The Morgan fingerprint density at radius 1 is 1.05 bits per heavy atom. The van der Waals surface area contributed by atoms with Crippen LogP contribution in [0, 0.1) is 6.92 Å². The fourth-order valence-electron chi connectivity index (χ4n) is 3.37. The molecular formula is C17H20N2O2. The average Bonchev–Trinajstić information content (AvgIpc) is 3.17. The molecule has 1 N–H and O–H groups in total. The van der Waals surface area contributed by atoms with Crippen LogP contribution >= 0.6 is 0 Å². The number of nitrogens with zero attached hydrogens (tertiary/aromatic N) is 1. The van der Waals surface area contributed by atoms with E-state index in [9.17, 15) is 0 Å². The van der Waals surface area contributed by atoms with Crippen molar-refractivity contribution in [3.63, 3.8) is 0 Å². The number of piperazine rings is 1. The summed E-state index contributed by atoms with van der Waals surface area (Å²) in [5.74, 6) is 0. The number of nitrogens with one attached hydrogen (secondary N) is 1. The van der Waals surface area contributed by atoms with Crippen molar-refractivity contribution in [2.24, 2.45) is 0 Å². The maximum absolute atomic E-state index is 5.77. The topological polar surface area (TPSA) is 41.6 Å². The number of rotatable bonds is 3. The van der Waals surface area contributed by atoms with Crippen LogP contribution in [0.1, 0.15) is 11.1 Å². The Kier molecular flexibility index (Phi) is 3.20. The molecular weight excluding hydrogens is 264 g/mol. The monoisotopic (exact) mass is 284 g/mol. The van der Waals surface area contributed by atoms with E-state index in [0.717, 1.165) is 50.3 Å². The Balaban J connectivity index is 1.73. The summed E-state index contributed by atoms with van der Waals surface area (Å²) in [7, 11) is 0. The molecule has 21 heavy (non-hydrogen) atoms. The van der Waals surface area contributed by atoms with Crippen LogP contribution < -0.4 is 5.32 Å². The zero-order valence-corrected chi connectivity index (χ0v) is 12.3. The minimum atomic E-state index is 0.999. The van der Waals surface area contributed by atoms with E-state index in [0.29, 0.717) is 0 Å². The summed E-state index contributed by atoms with van der Waals surface area (Å²) >= 11 is 0. The summed E-state index contributed by atoms with van der Waals surface area (Å²) in [6.07, 6.45) is 4.57. The Bertz CT molecular complexity index is 714. The second-order valence-electron chi connectivity index (χ2n) is 5.77. The van der Waals surface area contributed by atoms with Crippen LogP contribution in [0.4, 0.5) is 0 Å². The molecule has 3 aromatic rings. The Hall–Kier alpha value is -1.78. The van der Waals surface area contributed by atoms with Gasteiger partial charge in [-0.3, -0.25) is 0 Å². The van der Waals surface area contributed by atoms with E-state index < -0.39 is 0 Å². The van der Waals surface area contributed by atoms with Gasteiger partial charge in [-0.1, -0.05) is 0 Å². The van der Waals surface area contributed by atoms with E-state index in [1.165, 1.54) is 21.9 Å². The number of hydrogen-bond donors (Lipinski definition) is 1. The molecule has 3 heterocycles. The summed E-state index contributed by atoms with van der Waals surface area (Å²) in [6, 6.07) is 4.11. The minimum absolute atomic E-state index is 0.999. The van der Waals surface area contributed by atoms with Crippen molar-refractivity contribution in [1.82, 2.24) is 10.2 Å². The first-order valence-electron chi connectivity index (χ1n) is 7.63. The summed E-state index contributed by atoms with van der Waals surface area (Å²) < 4.78 is 11.5. The smallest absolute Gasteiger partial charge is 0.138 e. The predicted molar refractivity (Wildman–Crippen MR) is 83.7 cm³/mol. The molecule has 0 saturated carbocycles. The van der Waals surface area contributed by atoms with Crippen LogP contribution in [0.5, 0.6) is 0 Å². The Morgan fingerprint density at radius 2 is 1.76 bits per heavy atom. The molecule has 0 atom stereocenters. The highest BCUT2D eigenvalue weighted by Gasteiger charge is 2.17. The lowest BCUT2D eigenvalue weighted by atomic mass is 10.00. The molecule has 1 fully saturated rings. The van der Waals surface area contributed by atoms with Gasteiger partial charge in [0.1, 0.15) is 11.2 Å². The van der Waals surface area contributed by atoms with Gasteiger partial charge in [0.25, 0.3) is 0 Å². The first-order valence-corrected chi connectivity index (χ1v) is 7.63. The van der Waals surface area contributed by atoms with Crippen LogP contribution in [-0.2, 0) is 6.42 Å². The van der Waals surface area contributed by atoms with Gasteiger partial charge in [-0.05, 0) is 25.5 Å². The highest BCUT2D eigenvalue weighted by atomic mass is 16.3. The molecule has 2 aromatic heterocycles. The molecule has 0 radical (unpaired) electrons. The van der Waals surface area contributed by atoms with Gasteiger partial charge >= 0.3 is 0 Å². The molecule has 1 saturated heterocycles. The minimum Gasteiger partial charge on any atom is -0.464 e. The molecule has 4 nitrogen and oxygen atoms in total. The van der Waals surface area contributed by atoms with E-state index in [4.69, 9.17) is 8.83 Å². The van der Waals surface area contributed by atoms with E-state index in [-0.39, 0.29) is 0 Å². The predicted octanol–water partition coefficient (Wildman–Crippen LogP) is 2.94. The lowest BCUT2D eigenvalue weighted by molar-refractivity contribution is 0.244. The van der Waals surface area contributed by atoms with Gasteiger partial charge in [0.15, 0.2) is 0 Å². The highest BCUT2D eigenvalue weighted by molar-refractivity contribution is 6.01. The van der Waals surface area contributed by atoms with Gasteiger partial charge in [-0.15, -0.1) is 0 Å². The third-order valence-electron chi connectivity index (χ3n) is 4.56. The highest BCUT2D eigenvalue weighted by Crippen LogP contribution is 2.34. The molecule has 0 aliphatic carbocycles. The summed E-state index contributed by atoms with van der Waals surface area (Å²) in [5, 5.41) is 5.77. The third kappa shape index (κ3) is 2.15. The van der Waals surface area contributed by atoms with Gasteiger partial charge in [-0.2, -0.15) is 0 Å². The van der Waals surface area contributed by atoms with Gasteiger partial charge < -0.3 is 19.1 Å². The molecule has 0 unspecified atom stereocenters. The molecule has 4 rings (SSSR count). The number of fused-ring (bicyclic) bond motifs is 2. The average molecular weight is 284 g/mol. The van der Waals surface area contributed by atoms with Crippen LogP contribution in [-0.4, -0.2) is 37.6 Å². The molecule has 0 amide bonds. The van der Waals surface area contributed by atoms with E-state index in [1.54, 1.807) is 12.5 Å². The Morgan fingerprint density at radius 3 is 2.57 bits per heavy atom. The number of furan rings is 2. The van der Waals surface area contributed by atoms with Crippen LogP contribution in [0.25, 0.3) is 21.9 Å².